The normalized spacial score (nSPS) is 11.6. The van der Waals surface area contributed by atoms with E-state index in [2.05, 4.69) is 6.92 Å². The van der Waals surface area contributed by atoms with Crippen molar-refractivity contribution >= 4 is 5.78 Å². The molecule has 1 rings (SSSR count). The first-order valence-electron chi connectivity index (χ1n) is 6.06. The van der Waals surface area contributed by atoms with Gasteiger partial charge in [0.25, 0.3) is 0 Å². The molecule has 92 valence electrons. The molecule has 1 aromatic carbocycles. The largest absolute Gasteiger partial charge is 0.295 e. The molecule has 0 aliphatic rings. The third-order valence-electron chi connectivity index (χ3n) is 2.56. The maximum atomic E-state index is 13.0. The predicted octanol–water partition coefficient (Wildman–Crippen LogP) is 4.07. The van der Waals surface area contributed by atoms with Crippen molar-refractivity contribution < 1.29 is 9.18 Å². The summed E-state index contributed by atoms with van der Waals surface area (Å²) >= 11 is 0. The molecule has 0 saturated carbocycles. The van der Waals surface area contributed by atoms with Crippen LogP contribution in [-0.4, -0.2) is 5.78 Å². The highest BCUT2D eigenvalue weighted by Crippen LogP contribution is 2.10. The van der Waals surface area contributed by atoms with E-state index >= 15 is 0 Å². The van der Waals surface area contributed by atoms with Crippen molar-refractivity contribution in [1.82, 2.24) is 0 Å². The molecule has 0 aliphatic heterocycles. The van der Waals surface area contributed by atoms with Crippen LogP contribution in [0.1, 0.15) is 38.7 Å². The van der Waals surface area contributed by atoms with E-state index in [0.717, 1.165) is 24.0 Å². The first-order chi connectivity index (χ1) is 8.11. The summed E-state index contributed by atoms with van der Waals surface area (Å²) in [6.07, 6.45) is 4.89. The number of benzene rings is 1. The van der Waals surface area contributed by atoms with Crippen molar-refractivity contribution in [1.29, 1.82) is 0 Å². The van der Waals surface area contributed by atoms with E-state index in [4.69, 9.17) is 0 Å². The number of hydrogen-bond acceptors (Lipinski definition) is 1. The second-order valence-electron chi connectivity index (χ2n) is 4.37. The first-order valence-corrected chi connectivity index (χ1v) is 6.06. The standard InChI is InChI=1S/C15H19FO/c1-3-4-8-15(17)10-12(2)9-13-6-5-7-14(16)11-13/h5-7,10-11H,3-4,8-9H2,1-2H3/b12-10-. The van der Waals surface area contributed by atoms with Gasteiger partial charge in [0.1, 0.15) is 5.82 Å². The van der Waals surface area contributed by atoms with Gasteiger partial charge in [-0.05, 0) is 43.5 Å². The Morgan fingerprint density at radius 1 is 1.41 bits per heavy atom. The van der Waals surface area contributed by atoms with Gasteiger partial charge in [0.05, 0.1) is 0 Å². The molecule has 0 heterocycles. The van der Waals surface area contributed by atoms with Gasteiger partial charge < -0.3 is 0 Å². The SMILES string of the molecule is CCCCC(=O)/C=C(/C)Cc1cccc(F)c1. The molecule has 0 aliphatic carbocycles. The lowest BCUT2D eigenvalue weighted by atomic mass is 10.0. The molecule has 17 heavy (non-hydrogen) atoms. The maximum Gasteiger partial charge on any atom is 0.155 e. The van der Waals surface area contributed by atoms with Gasteiger partial charge >= 0.3 is 0 Å². The molecule has 0 radical (unpaired) electrons. The van der Waals surface area contributed by atoms with E-state index in [-0.39, 0.29) is 11.6 Å². The van der Waals surface area contributed by atoms with Gasteiger partial charge in [0.2, 0.25) is 0 Å². The molecule has 0 bridgehead atoms. The molecular formula is C15H19FO. The monoisotopic (exact) mass is 234 g/mol. The van der Waals surface area contributed by atoms with Gasteiger partial charge in [-0.2, -0.15) is 0 Å². The zero-order valence-electron chi connectivity index (χ0n) is 10.5. The second-order valence-corrected chi connectivity index (χ2v) is 4.37. The van der Waals surface area contributed by atoms with Crippen LogP contribution in [-0.2, 0) is 11.2 Å². The number of allylic oxidation sites excluding steroid dienone is 2. The molecule has 0 N–H and O–H groups in total. The molecule has 1 aromatic rings. The zero-order chi connectivity index (χ0) is 12.7. The molecule has 0 aromatic heterocycles. The molecule has 0 saturated heterocycles. The average Bonchev–Trinajstić information content (AvgIpc) is 2.26. The van der Waals surface area contributed by atoms with Crippen molar-refractivity contribution in [2.75, 3.05) is 0 Å². The minimum atomic E-state index is -0.229. The van der Waals surface area contributed by atoms with Crippen molar-refractivity contribution in [2.24, 2.45) is 0 Å². The van der Waals surface area contributed by atoms with Crippen LogP contribution >= 0.6 is 0 Å². The van der Waals surface area contributed by atoms with E-state index in [1.54, 1.807) is 12.1 Å². The minimum absolute atomic E-state index is 0.167. The summed E-state index contributed by atoms with van der Waals surface area (Å²) in [5, 5.41) is 0. The Bertz CT molecular complexity index is 407. The molecule has 0 unspecified atom stereocenters. The Balaban J connectivity index is 2.56. The van der Waals surface area contributed by atoms with Gasteiger partial charge in [-0.25, -0.2) is 4.39 Å². The third kappa shape index (κ3) is 5.43. The summed E-state index contributed by atoms with van der Waals surface area (Å²) in [6.45, 7) is 3.98. The molecule has 1 nitrogen and oxygen atoms in total. The highest BCUT2D eigenvalue weighted by molar-refractivity contribution is 5.90. The Labute approximate surface area is 102 Å². The van der Waals surface area contributed by atoms with Crippen molar-refractivity contribution in [2.45, 2.75) is 39.5 Å². The number of carbonyl (C=O) groups excluding carboxylic acids is 1. The summed E-state index contributed by atoms with van der Waals surface area (Å²) in [5.74, 6) is -0.0617. The van der Waals surface area contributed by atoms with Gasteiger partial charge in [-0.3, -0.25) is 4.79 Å². The van der Waals surface area contributed by atoms with Crippen LogP contribution in [0.4, 0.5) is 4.39 Å². The number of carbonyl (C=O) groups is 1. The van der Waals surface area contributed by atoms with E-state index in [0.29, 0.717) is 12.8 Å². The summed E-state index contributed by atoms with van der Waals surface area (Å²) in [4.78, 5) is 11.5. The summed E-state index contributed by atoms with van der Waals surface area (Å²) in [6, 6.07) is 6.50. The number of ketones is 1. The highest BCUT2D eigenvalue weighted by Gasteiger charge is 2.00. The van der Waals surface area contributed by atoms with E-state index in [9.17, 15) is 9.18 Å². The Hall–Kier alpha value is -1.44. The lowest BCUT2D eigenvalue weighted by molar-refractivity contribution is -0.114. The maximum absolute atomic E-state index is 13.0. The van der Waals surface area contributed by atoms with Crippen LogP contribution in [0.25, 0.3) is 0 Å². The number of hydrogen-bond donors (Lipinski definition) is 0. The topological polar surface area (TPSA) is 17.1 Å². The first kappa shape index (κ1) is 13.6. The fraction of sp³-hybridized carbons (Fsp3) is 0.400. The van der Waals surface area contributed by atoms with Crippen LogP contribution in [0.5, 0.6) is 0 Å². The lowest BCUT2D eigenvalue weighted by Crippen LogP contribution is -1.96. The Morgan fingerprint density at radius 3 is 2.82 bits per heavy atom. The molecule has 2 heteroatoms. The van der Waals surface area contributed by atoms with Gasteiger partial charge in [0, 0.05) is 6.42 Å². The van der Waals surface area contributed by atoms with Crippen LogP contribution in [0.2, 0.25) is 0 Å². The van der Waals surface area contributed by atoms with Crippen LogP contribution in [0.15, 0.2) is 35.9 Å². The molecule has 0 spiro atoms. The Morgan fingerprint density at radius 2 is 2.18 bits per heavy atom. The van der Waals surface area contributed by atoms with E-state index in [1.807, 2.05) is 13.0 Å². The predicted molar refractivity (Wildman–Crippen MR) is 68.4 cm³/mol. The fourth-order valence-corrected chi connectivity index (χ4v) is 1.72. The third-order valence-corrected chi connectivity index (χ3v) is 2.56. The second kappa shape index (κ2) is 7.00. The van der Waals surface area contributed by atoms with Crippen LogP contribution in [0, 0.1) is 5.82 Å². The zero-order valence-corrected chi connectivity index (χ0v) is 10.5. The van der Waals surface area contributed by atoms with Crippen LogP contribution in [0.3, 0.4) is 0 Å². The van der Waals surface area contributed by atoms with E-state index in [1.165, 1.54) is 12.1 Å². The average molecular weight is 234 g/mol. The molecule has 0 amide bonds. The summed E-state index contributed by atoms with van der Waals surface area (Å²) < 4.78 is 13.0. The van der Waals surface area contributed by atoms with Gasteiger partial charge in [-0.1, -0.05) is 31.1 Å². The van der Waals surface area contributed by atoms with Crippen LogP contribution < -0.4 is 0 Å². The van der Waals surface area contributed by atoms with Gasteiger partial charge in [-0.15, -0.1) is 0 Å². The highest BCUT2D eigenvalue weighted by atomic mass is 19.1. The van der Waals surface area contributed by atoms with Gasteiger partial charge in [0.15, 0.2) is 5.78 Å². The van der Waals surface area contributed by atoms with Crippen molar-refractivity contribution in [3.05, 3.63) is 47.3 Å². The molecule has 0 atom stereocenters. The Kier molecular flexibility index (Phi) is 5.61. The number of unbranched alkanes of at least 4 members (excludes halogenated alkanes) is 1. The molecular weight excluding hydrogens is 215 g/mol. The lowest BCUT2D eigenvalue weighted by Gasteiger charge is -2.02. The number of rotatable bonds is 6. The fourth-order valence-electron chi connectivity index (χ4n) is 1.72. The van der Waals surface area contributed by atoms with Crippen molar-refractivity contribution in [3.63, 3.8) is 0 Å². The molecule has 0 fully saturated rings. The summed E-state index contributed by atoms with van der Waals surface area (Å²) in [5.41, 5.74) is 1.89. The minimum Gasteiger partial charge on any atom is -0.295 e. The quantitative estimate of drug-likeness (QED) is 0.678. The smallest absolute Gasteiger partial charge is 0.155 e. The van der Waals surface area contributed by atoms with E-state index < -0.39 is 0 Å². The van der Waals surface area contributed by atoms with Crippen molar-refractivity contribution in [3.8, 4) is 0 Å². The number of halogens is 1. The summed E-state index contributed by atoms with van der Waals surface area (Å²) in [7, 11) is 0.